The van der Waals surface area contributed by atoms with Crippen molar-refractivity contribution in [2.24, 2.45) is 5.92 Å². The molecule has 1 aliphatic rings. The van der Waals surface area contributed by atoms with Crippen LogP contribution in [0.3, 0.4) is 0 Å². The zero-order valence-corrected chi connectivity index (χ0v) is 22.5. The third-order valence-corrected chi connectivity index (χ3v) is 10.9. The average Bonchev–Trinajstić information content (AvgIpc) is 3.32. The van der Waals surface area contributed by atoms with E-state index in [4.69, 9.17) is 0 Å². The predicted molar refractivity (Wildman–Crippen MR) is 133 cm³/mol. The lowest BCUT2D eigenvalue weighted by molar-refractivity contribution is -0.258. The van der Waals surface area contributed by atoms with Gasteiger partial charge in [0.25, 0.3) is 10.0 Å². The van der Waals surface area contributed by atoms with Gasteiger partial charge in [0.1, 0.15) is 4.21 Å². The number of thiophene rings is 1. The van der Waals surface area contributed by atoms with Crippen LogP contribution >= 0.6 is 11.3 Å². The number of anilines is 1. The van der Waals surface area contributed by atoms with Gasteiger partial charge in [-0.3, -0.25) is 0 Å². The maximum atomic E-state index is 13.2. The first-order valence-corrected chi connectivity index (χ1v) is 15.2. The molecular formula is C22H30F3N3O5S3. The molecule has 2 aromatic rings. The van der Waals surface area contributed by atoms with Crippen LogP contribution < -0.4 is 9.62 Å². The Morgan fingerprint density at radius 1 is 1.11 bits per heavy atom. The molecule has 0 spiro atoms. The van der Waals surface area contributed by atoms with E-state index in [1.807, 2.05) is 0 Å². The van der Waals surface area contributed by atoms with Crippen LogP contribution in [0.1, 0.15) is 26.3 Å². The number of hydrogen-bond donors (Lipinski definition) is 2. The highest BCUT2D eigenvalue weighted by Crippen LogP contribution is 2.39. The molecule has 14 heteroatoms. The zero-order chi connectivity index (χ0) is 26.9. The molecule has 0 radical (unpaired) electrons. The Labute approximate surface area is 213 Å². The summed E-state index contributed by atoms with van der Waals surface area (Å²) in [5, 5.41) is 11.6. The summed E-state index contributed by atoms with van der Waals surface area (Å²) in [6, 6.07) is 7.66. The fourth-order valence-electron chi connectivity index (χ4n) is 3.96. The molecule has 202 valence electrons. The van der Waals surface area contributed by atoms with Gasteiger partial charge in [-0.15, -0.1) is 11.3 Å². The van der Waals surface area contributed by atoms with E-state index in [-0.39, 0.29) is 47.6 Å². The molecule has 0 saturated carbocycles. The minimum Gasteiger partial charge on any atom is -0.376 e. The van der Waals surface area contributed by atoms with Gasteiger partial charge in [0.2, 0.25) is 10.0 Å². The highest BCUT2D eigenvalue weighted by molar-refractivity contribution is 7.91. The predicted octanol–water partition coefficient (Wildman–Crippen LogP) is 2.97. The first-order valence-electron chi connectivity index (χ1n) is 11.2. The summed E-state index contributed by atoms with van der Waals surface area (Å²) < 4.78 is 94.7. The minimum absolute atomic E-state index is 0.0214. The highest BCUT2D eigenvalue weighted by atomic mass is 32.2. The van der Waals surface area contributed by atoms with Crippen molar-refractivity contribution in [1.82, 2.24) is 9.03 Å². The summed E-state index contributed by atoms with van der Waals surface area (Å²) in [5.74, 6) is -0.215. The van der Waals surface area contributed by atoms with Crippen molar-refractivity contribution < 1.29 is 35.1 Å². The van der Waals surface area contributed by atoms with Crippen LogP contribution in [-0.2, 0) is 25.6 Å². The van der Waals surface area contributed by atoms with Crippen LogP contribution in [0, 0.1) is 5.92 Å². The molecule has 1 saturated heterocycles. The van der Waals surface area contributed by atoms with E-state index in [9.17, 15) is 35.1 Å². The molecule has 2 heterocycles. The molecule has 2 atom stereocenters. The van der Waals surface area contributed by atoms with E-state index in [1.54, 1.807) is 30.2 Å². The van der Waals surface area contributed by atoms with Gasteiger partial charge in [0.15, 0.2) is 5.60 Å². The number of aliphatic hydroxyl groups is 1. The molecule has 36 heavy (non-hydrogen) atoms. The van der Waals surface area contributed by atoms with Crippen molar-refractivity contribution in [1.29, 1.82) is 0 Å². The maximum Gasteiger partial charge on any atom is 0.421 e. The molecule has 2 N–H and O–H groups in total. The van der Waals surface area contributed by atoms with Gasteiger partial charge < -0.3 is 10.0 Å². The van der Waals surface area contributed by atoms with E-state index in [0.29, 0.717) is 12.6 Å². The van der Waals surface area contributed by atoms with E-state index >= 15 is 0 Å². The lowest BCUT2D eigenvalue weighted by Crippen LogP contribution is -2.58. The summed E-state index contributed by atoms with van der Waals surface area (Å²) in [5.41, 5.74) is -2.89. The van der Waals surface area contributed by atoms with Crippen molar-refractivity contribution in [2.75, 3.05) is 36.8 Å². The van der Waals surface area contributed by atoms with Crippen molar-refractivity contribution in [2.45, 2.75) is 42.8 Å². The van der Waals surface area contributed by atoms with Gasteiger partial charge in [-0.2, -0.15) is 17.5 Å². The molecule has 0 unspecified atom stereocenters. The van der Waals surface area contributed by atoms with Crippen molar-refractivity contribution in [3.63, 3.8) is 0 Å². The van der Waals surface area contributed by atoms with Crippen LogP contribution in [0.2, 0.25) is 0 Å². The molecule has 8 nitrogen and oxygen atoms in total. The second kappa shape index (κ2) is 10.6. The largest absolute Gasteiger partial charge is 0.421 e. The first kappa shape index (κ1) is 28.9. The number of rotatable bonds is 9. The van der Waals surface area contributed by atoms with Crippen LogP contribution in [0.25, 0.3) is 0 Å². The van der Waals surface area contributed by atoms with Gasteiger partial charge in [-0.25, -0.2) is 21.6 Å². The van der Waals surface area contributed by atoms with E-state index < -0.39 is 37.9 Å². The number of nitrogens with one attached hydrogen (secondary N) is 1. The first-order chi connectivity index (χ1) is 16.5. The van der Waals surface area contributed by atoms with Gasteiger partial charge >= 0.3 is 6.18 Å². The number of alkyl halides is 3. The maximum absolute atomic E-state index is 13.2. The number of hydrogen-bond acceptors (Lipinski definition) is 7. The number of halogens is 3. The molecule has 0 bridgehead atoms. The Morgan fingerprint density at radius 3 is 2.28 bits per heavy atom. The lowest BCUT2D eigenvalue weighted by Gasteiger charge is -2.42. The quantitative estimate of drug-likeness (QED) is 0.481. The monoisotopic (exact) mass is 569 g/mol. The Balaban J connectivity index is 1.88. The third kappa shape index (κ3) is 6.40. The number of piperazine rings is 1. The van der Waals surface area contributed by atoms with Crippen LogP contribution in [0.5, 0.6) is 0 Å². The molecule has 3 rings (SSSR count). The van der Waals surface area contributed by atoms with E-state index in [1.165, 1.54) is 22.5 Å². The SMILES string of the molecule is CC(C)CS(=O)(=O)NC[C@H]1CN(S(=O)(=O)c2cccs2)CCN1c1ccc([C@](C)(O)C(F)(F)F)cc1. The van der Waals surface area contributed by atoms with Gasteiger partial charge in [-0.05, 0) is 42.0 Å². The zero-order valence-electron chi connectivity index (χ0n) is 20.1. The molecular weight excluding hydrogens is 539 g/mol. The van der Waals surface area contributed by atoms with Crippen molar-refractivity contribution in [3.8, 4) is 0 Å². The van der Waals surface area contributed by atoms with Gasteiger partial charge in [-0.1, -0.05) is 32.0 Å². The standard InChI is InChI=1S/C22H30F3N3O5S3/c1-16(2)15-35(30,31)26-13-19-14-27(36(32,33)20-5-4-12-34-20)10-11-28(19)18-8-6-17(7-9-18)21(3,29)22(23,24)25/h4-9,12,16,19,26,29H,10-11,13-15H2,1-3H3/t19-,21-/m0/s1. The fraction of sp³-hybridized carbons (Fsp3) is 0.545. The summed E-state index contributed by atoms with van der Waals surface area (Å²) >= 11 is 1.08. The Hall–Kier alpha value is -1.71. The van der Waals surface area contributed by atoms with Gasteiger partial charge in [0, 0.05) is 31.9 Å². The Morgan fingerprint density at radius 2 is 1.75 bits per heavy atom. The summed E-state index contributed by atoms with van der Waals surface area (Å²) in [7, 11) is -7.41. The van der Waals surface area contributed by atoms with Gasteiger partial charge in [0.05, 0.1) is 11.8 Å². The molecule has 0 amide bonds. The lowest BCUT2D eigenvalue weighted by atomic mass is 9.95. The number of sulfonamides is 2. The summed E-state index contributed by atoms with van der Waals surface area (Å²) in [4.78, 5) is 1.77. The summed E-state index contributed by atoms with van der Waals surface area (Å²) in [6.07, 6.45) is -4.87. The Kier molecular flexibility index (Phi) is 8.48. The number of nitrogens with zero attached hydrogens (tertiary/aromatic N) is 2. The minimum atomic E-state index is -4.87. The van der Waals surface area contributed by atoms with Crippen molar-refractivity contribution >= 4 is 37.1 Å². The van der Waals surface area contributed by atoms with Crippen LogP contribution in [0.4, 0.5) is 18.9 Å². The van der Waals surface area contributed by atoms with E-state index in [2.05, 4.69) is 4.72 Å². The van der Waals surface area contributed by atoms with Crippen LogP contribution in [0.15, 0.2) is 46.0 Å². The molecule has 1 fully saturated rings. The van der Waals surface area contributed by atoms with E-state index in [0.717, 1.165) is 23.5 Å². The molecule has 1 aliphatic heterocycles. The second-order valence-electron chi connectivity index (χ2n) is 9.28. The normalized spacial score (nSPS) is 20.0. The van der Waals surface area contributed by atoms with Crippen molar-refractivity contribution in [3.05, 3.63) is 47.3 Å². The topological polar surface area (TPSA) is 107 Å². The third-order valence-electron chi connectivity index (χ3n) is 5.94. The second-order valence-corrected chi connectivity index (χ2v) is 14.2. The molecule has 1 aromatic heterocycles. The number of benzene rings is 1. The van der Waals surface area contributed by atoms with Crippen LogP contribution in [-0.4, -0.2) is 70.4 Å². The fourth-order valence-corrected chi connectivity index (χ4v) is 8.01. The molecule has 1 aromatic carbocycles. The Bertz CT molecular complexity index is 1230. The smallest absolute Gasteiger partial charge is 0.376 e. The summed E-state index contributed by atoms with van der Waals surface area (Å²) in [6.45, 7) is 4.38. The highest BCUT2D eigenvalue weighted by Gasteiger charge is 2.51. The molecule has 0 aliphatic carbocycles. The average molecular weight is 570 g/mol.